The molecular formula is C19H19FN2O3S. The van der Waals surface area contributed by atoms with E-state index >= 15 is 0 Å². The van der Waals surface area contributed by atoms with Crippen molar-refractivity contribution in [2.24, 2.45) is 0 Å². The first kappa shape index (κ1) is 18.1. The first-order valence-corrected chi connectivity index (χ1v) is 9.03. The summed E-state index contributed by atoms with van der Waals surface area (Å²) in [5.41, 5.74) is 0.643. The third kappa shape index (κ3) is 4.49. The highest BCUT2D eigenvalue weighted by Crippen LogP contribution is 2.26. The van der Waals surface area contributed by atoms with Gasteiger partial charge in [-0.1, -0.05) is 6.07 Å². The van der Waals surface area contributed by atoms with Gasteiger partial charge in [-0.2, -0.15) is 0 Å². The molecule has 0 atom stereocenters. The zero-order valence-electron chi connectivity index (χ0n) is 14.6. The number of hydrogen-bond donors (Lipinski definition) is 0. The molecule has 0 N–H and O–H groups in total. The van der Waals surface area contributed by atoms with Gasteiger partial charge in [0.05, 0.1) is 23.5 Å². The highest BCUT2D eigenvalue weighted by atomic mass is 32.1. The number of aromatic nitrogens is 1. The first-order valence-electron chi connectivity index (χ1n) is 8.15. The van der Waals surface area contributed by atoms with Crippen LogP contribution in [0.4, 0.5) is 4.39 Å². The van der Waals surface area contributed by atoms with Crippen LogP contribution in [0.2, 0.25) is 0 Å². The molecule has 0 spiro atoms. The molecule has 7 heteroatoms. The number of carbonyl (C=O) groups excluding carboxylic acids is 1. The summed E-state index contributed by atoms with van der Waals surface area (Å²) in [5.74, 6) is 1.39. The van der Waals surface area contributed by atoms with Crippen LogP contribution in [-0.4, -0.2) is 36.0 Å². The molecule has 0 aliphatic carbocycles. The number of carbonyl (C=O) groups is 1. The summed E-state index contributed by atoms with van der Waals surface area (Å²) in [6, 6.07) is 9.65. The maximum atomic E-state index is 12.9. The van der Waals surface area contributed by atoms with E-state index in [0.717, 1.165) is 4.88 Å². The number of thiophene rings is 1. The van der Waals surface area contributed by atoms with E-state index in [9.17, 15) is 9.18 Å². The van der Waals surface area contributed by atoms with Gasteiger partial charge in [-0.15, -0.1) is 11.3 Å². The predicted octanol–water partition coefficient (Wildman–Crippen LogP) is 3.93. The monoisotopic (exact) mass is 374 g/mol. The van der Waals surface area contributed by atoms with E-state index in [-0.39, 0.29) is 18.1 Å². The maximum Gasteiger partial charge on any atom is 0.236 e. The molecule has 0 aliphatic rings. The lowest BCUT2D eigenvalue weighted by Crippen LogP contribution is -2.32. The number of oxazole rings is 1. The highest BCUT2D eigenvalue weighted by molar-refractivity contribution is 7.13. The second-order valence-electron chi connectivity index (χ2n) is 5.79. The Kier molecular flexibility index (Phi) is 5.68. The summed E-state index contributed by atoms with van der Waals surface area (Å²) < 4.78 is 24.0. The van der Waals surface area contributed by atoms with Crippen LogP contribution in [0, 0.1) is 12.7 Å². The van der Waals surface area contributed by atoms with Crippen LogP contribution >= 0.6 is 11.3 Å². The smallest absolute Gasteiger partial charge is 0.236 e. The Morgan fingerprint density at radius 1 is 1.31 bits per heavy atom. The summed E-state index contributed by atoms with van der Waals surface area (Å²) >= 11 is 1.54. The van der Waals surface area contributed by atoms with E-state index in [1.54, 1.807) is 35.4 Å². The van der Waals surface area contributed by atoms with E-state index in [0.29, 0.717) is 36.2 Å². The summed E-state index contributed by atoms with van der Waals surface area (Å²) in [6.45, 7) is 2.56. The highest BCUT2D eigenvalue weighted by Gasteiger charge is 2.17. The number of rotatable bonds is 7. The van der Waals surface area contributed by atoms with Crippen molar-refractivity contribution < 1.29 is 18.3 Å². The summed E-state index contributed by atoms with van der Waals surface area (Å²) in [6.07, 6.45) is 0.174. The number of benzene rings is 1. The van der Waals surface area contributed by atoms with E-state index in [4.69, 9.17) is 9.15 Å². The van der Waals surface area contributed by atoms with Crippen LogP contribution in [0.15, 0.2) is 46.2 Å². The van der Waals surface area contributed by atoms with Crippen molar-refractivity contribution in [2.45, 2.75) is 13.3 Å². The van der Waals surface area contributed by atoms with Crippen LogP contribution in [0.25, 0.3) is 10.8 Å². The standard InChI is InChI=1S/C19H19FN2O3S/c1-13-16(21-19(25-13)17-4-3-11-26-17)12-18(23)22(2)9-10-24-15-7-5-14(20)6-8-15/h3-8,11H,9-10,12H2,1-2H3. The molecule has 1 amide bonds. The molecule has 136 valence electrons. The molecule has 0 aliphatic heterocycles. The molecule has 0 bridgehead atoms. The van der Waals surface area contributed by atoms with Gasteiger partial charge in [-0.3, -0.25) is 4.79 Å². The number of nitrogens with zero attached hydrogens (tertiary/aromatic N) is 2. The van der Waals surface area contributed by atoms with E-state index in [2.05, 4.69) is 4.98 Å². The molecule has 2 aromatic heterocycles. The minimum Gasteiger partial charge on any atom is -0.492 e. The molecule has 2 heterocycles. The SMILES string of the molecule is Cc1oc(-c2cccs2)nc1CC(=O)N(C)CCOc1ccc(F)cc1. The van der Waals surface area contributed by atoms with Crippen molar-refractivity contribution in [3.63, 3.8) is 0 Å². The Bertz CT molecular complexity index is 860. The molecule has 3 rings (SSSR count). The maximum absolute atomic E-state index is 12.9. The van der Waals surface area contributed by atoms with Crippen molar-refractivity contribution in [3.05, 3.63) is 59.0 Å². The van der Waals surface area contributed by atoms with Crippen LogP contribution in [0.3, 0.4) is 0 Å². The van der Waals surface area contributed by atoms with Crippen LogP contribution < -0.4 is 4.74 Å². The summed E-state index contributed by atoms with van der Waals surface area (Å²) in [7, 11) is 1.71. The molecule has 1 aromatic carbocycles. The van der Waals surface area contributed by atoms with Gasteiger partial charge in [0.2, 0.25) is 11.8 Å². The molecule has 0 unspecified atom stereocenters. The first-order chi connectivity index (χ1) is 12.5. The molecule has 3 aromatic rings. The largest absolute Gasteiger partial charge is 0.492 e. The van der Waals surface area contributed by atoms with Gasteiger partial charge >= 0.3 is 0 Å². The van der Waals surface area contributed by atoms with Crippen LogP contribution in [0.1, 0.15) is 11.5 Å². The second-order valence-corrected chi connectivity index (χ2v) is 6.74. The fourth-order valence-corrected chi connectivity index (χ4v) is 2.98. The van der Waals surface area contributed by atoms with Crippen molar-refractivity contribution in [2.75, 3.05) is 20.2 Å². The summed E-state index contributed by atoms with van der Waals surface area (Å²) in [5, 5.41) is 1.95. The zero-order chi connectivity index (χ0) is 18.5. The number of likely N-dealkylation sites (N-methyl/N-ethyl adjacent to an activating group) is 1. The Morgan fingerprint density at radius 2 is 2.08 bits per heavy atom. The van der Waals surface area contributed by atoms with Crippen molar-refractivity contribution in [1.29, 1.82) is 0 Å². The second kappa shape index (κ2) is 8.14. The third-order valence-corrected chi connectivity index (χ3v) is 4.74. The fraction of sp³-hybridized carbons (Fsp3) is 0.263. The molecule has 0 saturated heterocycles. The van der Waals surface area contributed by atoms with Gasteiger partial charge < -0.3 is 14.1 Å². The zero-order valence-corrected chi connectivity index (χ0v) is 15.4. The molecule has 0 radical (unpaired) electrons. The Morgan fingerprint density at radius 3 is 2.77 bits per heavy atom. The fourth-order valence-electron chi connectivity index (χ4n) is 2.33. The third-order valence-electron chi connectivity index (χ3n) is 3.88. The molecule has 0 saturated carbocycles. The number of ether oxygens (including phenoxy) is 1. The Hall–Kier alpha value is -2.67. The minimum atomic E-state index is -0.311. The van der Waals surface area contributed by atoms with Crippen molar-refractivity contribution >= 4 is 17.2 Å². The van der Waals surface area contributed by atoms with Crippen LogP contribution in [0.5, 0.6) is 5.75 Å². The molecule has 26 heavy (non-hydrogen) atoms. The number of hydrogen-bond acceptors (Lipinski definition) is 5. The predicted molar refractivity (Wildman–Crippen MR) is 97.8 cm³/mol. The van der Waals surface area contributed by atoms with Gasteiger partial charge in [0.25, 0.3) is 0 Å². The van der Waals surface area contributed by atoms with Gasteiger partial charge in [0.15, 0.2) is 0 Å². The lowest BCUT2D eigenvalue weighted by molar-refractivity contribution is -0.129. The summed E-state index contributed by atoms with van der Waals surface area (Å²) in [4.78, 5) is 19.4. The van der Waals surface area contributed by atoms with Crippen LogP contribution in [-0.2, 0) is 11.2 Å². The van der Waals surface area contributed by atoms with Gasteiger partial charge in [-0.05, 0) is 42.6 Å². The van der Waals surface area contributed by atoms with E-state index in [1.807, 2.05) is 24.4 Å². The van der Waals surface area contributed by atoms with Gasteiger partial charge in [0, 0.05) is 7.05 Å². The number of halogens is 1. The van der Waals surface area contributed by atoms with Crippen molar-refractivity contribution in [1.82, 2.24) is 9.88 Å². The molecule has 0 fully saturated rings. The van der Waals surface area contributed by atoms with Gasteiger partial charge in [-0.25, -0.2) is 9.37 Å². The number of aryl methyl sites for hydroxylation is 1. The van der Waals surface area contributed by atoms with E-state index < -0.39 is 0 Å². The Balaban J connectivity index is 1.52. The molecular weight excluding hydrogens is 355 g/mol. The lowest BCUT2D eigenvalue weighted by Gasteiger charge is -2.17. The quantitative estimate of drug-likeness (QED) is 0.629. The molecule has 5 nitrogen and oxygen atoms in total. The van der Waals surface area contributed by atoms with Crippen molar-refractivity contribution in [3.8, 4) is 16.5 Å². The Labute approximate surface area is 155 Å². The van der Waals surface area contributed by atoms with E-state index in [1.165, 1.54) is 12.1 Å². The lowest BCUT2D eigenvalue weighted by atomic mass is 10.2. The topological polar surface area (TPSA) is 55.6 Å². The van der Waals surface area contributed by atoms with Gasteiger partial charge in [0.1, 0.15) is 23.9 Å². The minimum absolute atomic E-state index is 0.0677. The average Bonchev–Trinajstić information content (AvgIpc) is 3.27. The number of amides is 1. The average molecular weight is 374 g/mol. The normalized spacial score (nSPS) is 10.7.